The number of ether oxygens (including phenoxy) is 2. The number of halogens is 1. The van der Waals surface area contributed by atoms with Crippen molar-refractivity contribution < 1.29 is 27.1 Å². The van der Waals surface area contributed by atoms with Crippen molar-refractivity contribution >= 4 is 28.0 Å². The van der Waals surface area contributed by atoms with Crippen molar-refractivity contribution in [3.05, 3.63) is 53.3 Å². The SMILES string of the molecule is COc1cc(/C=N/N(CC(C)C)C2=NS(=O)(=O)c3cc(OCC(N)=O)ccc32)ccc1F. The van der Waals surface area contributed by atoms with E-state index >= 15 is 0 Å². The lowest BCUT2D eigenvalue weighted by Gasteiger charge is -2.21. The zero-order valence-corrected chi connectivity index (χ0v) is 18.6. The Labute approximate surface area is 185 Å². The number of methoxy groups -OCH3 is 1. The van der Waals surface area contributed by atoms with E-state index < -0.39 is 21.7 Å². The summed E-state index contributed by atoms with van der Waals surface area (Å²) in [5, 5.41) is 5.89. The predicted octanol–water partition coefficient (Wildman–Crippen LogP) is 2.14. The zero-order chi connectivity index (χ0) is 23.5. The van der Waals surface area contributed by atoms with Gasteiger partial charge in [-0.2, -0.15) is 13.5 Å². The van der Waals surface area contributed by atoms with Crippen LogP contribution in [0.3, 0.4) is 0 Å². The van der Waals surface area contributed by atoms with Gasteiger partial charge in [-0.15, -0.1) is 4.40 Å². The molecule has 1 aliphatic rings. The molecule has 1 aliphatic heterocycles. The predicted molar refractivity (Wildman–Crippen MR) is 117 cm³/mol. The van der Waals surface area contributed by atoms with E-state index in [0.29, 0.717) is 17.7 Å². The number of carbonyl (C=O) groups excluding carboxylic acids is 1. The van der Waals surface area contributed by atoms with Crippen molar-refractivity contribution in [2.75, 3.05) is 20.3 Å². The number of hydrogen-bond acceptors (Lipinski definition) is 7. The number of sulfonamides is 1. The molecule has 2 N–H and O–H groups in total. The monoisotopic (exact) mass is 462 g/mol. The fourth-order valence-electron chi connectivity index (χ4n) is 2.97. The fourth-order valence-corrected chi connectivity index (χ4v) is 4.19. The average Bonchev–Trinajstić information content (AvgIpc) is 3.00. The Bertz CT molecular complexity index is 1190. The second-order valence-corrected chi connectivity index (χ2v) is 8.99. The Morgan fingerprint density at radius 1 is 1.28 bits per heavy atom. The molecular formula is C21H23FN4O5S. The smallest absolute Gasteiger partial charge is 0.285 e. The first-order chi connectivity index (χ1) is 15.1. The zero-order valence-electron chi connectivity index (χ0n) is 17.8. The van der Waals surface area contributed by atoms with Gasteiger partial charge in [-0.3, -0.25) is 4.79 Å². The highest BCUT2D eigenvalue weighted by molar-refractivity contribution is 7.90. The third-order valence-electron chi connectivity index (χ3n) is 4.36. The van der Waals surface area contributed by atoms with Gasteiger partial charge in [-0.1, -0.05) is 19.9 Å². The van der Waals surface area contributed by atoms with Gasteiger partial charge < -0.3 is 15.2 Å². The van der Waals surface area contributed by atoms with Crippen LogP contribution in [0.25, 0.3) is 0 Å². The van der Waals surface area contributed by atoms with Gasteiger partial charge in [0.15, 0.2) is 24.0 Å². The Balaban J connectivity index is 1.96. The molecule has 1 amide bonds. The Morgan fingerprint density at radius 3 is 2.69 bits per heavy atom. The van der Waals surface area contributed by atoms with Crippen LogP contribution in [0.1, 0.15) is 25.0 Å². The van der Waals surface area contributed by atoms with Gasteiger partial charge in [-0.25, -0.2) is 9.40 Å². The van der Waals surface area contributed by atoms with E-state index in [0.717, 1.165) is 0 Å². The lowest BCUT2D eigenvalue weighted by atomic mass is 10.1. The molecule has 0 aromatic heterocycles. The van der Waals surface area contributed by atoms with Crippen LogP contribution in [0.15, 0.2) is 50.8 Å². The van der Waals surface area contributed by atoms with E-state index in [1.165, 1.54) is 48.7 Å². The molecule has 0 bridgehead atoms. The number of primary amides is 1. The minimum Gasteiger partial charge on any atom is -0.494 e. The lowest BCUT2D eigenvalue weighted by molar-refractivity contribution is -0.119. The number of amidine groups is 1. The molecule has 9 nitrogen and oxygen atoms in total. The van der Waals surface area contributed by atoms with Crippen LogP contribution >= 0.6 is 0 Å². The molecule has 0 atom stereocenters. The number of amides is 1. The first-order valence-corrected chi connectivity index (χ1v) is 11.1. The van der Waals surface area contributed by atoms with Crippen LogP contribution in [0.4, 0.5) is 4.39 Å². The molecule has 0 aliphatic carbocycles. The summed E-state index contributed by atoms with van der Waals surface area (Å²) in [6, 6.07) is 8.63. The molecule has 0 saturated carbocycles. The molecule has 0 saturated heterocycles. The molecular weight excluding hydrogens is 439 g/mol. The molecule has 1 heterocycles. The molecule has 0 spiro atoms. The van der Waals surface area contributed by atoms with Crippen LogP contribution in [0, 0.1) is 11.7 Å². The number of carbonyl (C=O) groups is 1. The van der Waals surface area contributed by atoms with E-state index in [9.17, 15) is 17.6 Å². The van der Waals surface area contributed by atoms with Gasteiger partial charge in [0.05, 0.1) is 13.3 Å². The van der Waals surface area contributed by atoms with E-state index in [1.807, 2.05) is 13.8 Å². The van der Waals surface area contributed by atoms with Crippen LogP contribution in [-0.2, 0) is 14.8 Å². The summed E-state index contributed by atoms with van der Waals surface area (Å²) in [6.07, 6.45) is 1.47. The number of benzene rings is 2. The summed E-state index contributed by atoms with van der Waals surface area (Å²) in [5.41, 5.74) is 5.98. The number of rotatable bonds is 8. The van der Waals surface area contributed by atoms with E-state index in [-0.39, 0.29) is 34.8 Å². The molecule has 0 radical (unpaired) electrons. The third kappa shape index (κ3) is 5.22. The number of hydrogen-bond donors (Lipinski definition) is 1. The Hall–Kier alpha value is -3.47. The Morgan fingerprint density at radius 2 is 2.03 bits per heavy atom. The highest BCUT2D eigenvalue weighted by Crippen LogP contribution is 2.31. The normalized spacial score (nSPS) is 14.3. The topological polar surface area (TPSA) is 124 Å². The lowest BCUT2D eigenvalue weighted by Crippen LogP contribution is -2.29. The number of nitrogens with two attached hydrogens (primary N) is 1. The third-order valence-corrected chi connectivity index (χ3v) is 5.67. The molecule has 0 fully saturated rings. The molecule has 2 aromatic rings. The number of hydrazone groups is 1. The van der Waals surface area contributed by atoms with Gasteiger partial charge in [0, 0.05) is 18.2 Å². The van der Waals surface area contributed by atoms with Crippen molar-refractivity contribution in [3.8, 4) is 11.5 Å². The van der Waals surface area contributed by atoms with E-state index in [1.54, 1.807) is 6.07 Å². The van der Waals surface area contributed by atoms with Crippen molar-refractivity contribution in [1.29, 1.82) is 0 Å². The summed E-state index contributed by atoms with van der Waals surface area (Å²) in [6.45, 7) is 3.91. The van der Waals surface area contributed by atoms with Crippen LogP contribution in [-0.4, -0.2) is 51.6 Å². The van der Waals surface area contributed by atoms with Gasteiger partial charge in [0.25, 0.3) is 15.9 Å². The fraction of sp³-hybridized carbons (Fsp3) is 0.286. The largest absolute Gasteiger partial charge is 0.494 e. The molecule has 3 rings (SSSR count). The van der Waals surface area contributed by atoms with E-state index in [2.05, 4.69) is 9.50 Å². The second kappa shape index (κ2) is 9.35. The van der Waals surface area contributed by atoms with Crippen molar-refractivity contribution in [3.63, 3.8) is 0 Å². The molecule has 2 aromatic carbocycles. The second-order valence-electron chi connectivity index (χ2n) is 7.42. The summed E-state index contributed by atoms with van der Waals surface area (Å²) < 4.78 is 53.1. The molecule has 170 valence electrons. The van der Waals surface area contributed by atoms with Crippen LogP contribution < -0.4 is 15.2 Å². The first-order valence-electron chi connectivity index (χ1n) is 9.66. The first kappa shape index (κ1) is 23.2. The van der Waals surface area contributed by atoms with Crippen LogP contribution in [0.5, 0.6) is 11.5 Å². The maximum atomic E-state index is 13.7. The van der Waals surface area contributed by atoms with Gasteiger partial charge in [-0.05, 0) is 35.7 Å². The van der Waals surface area contributed by atoms with Crippen molar-refractivity contribution in [2.24, 2.45) is 21.2 Å². The summed E-state index contributed by atoms with van der Waals surface area (Å²) >= 11 is 0. The molecule has 32 heavy (non-hydrogen) atoms. The minimum absolute atomic E-state index is 0.0538. The molecule has 11 heteroatoms. The van der Waals surface area contributed by atoms with Crippen molar-refractivity contribution in [1.82, 2.24) is 5.01 Å². The number of nitrogens with zero attached hydrogens (tertiary/aromatic N) is 3. The summed E-state index contributed by atoms with van der Waals surface area (Å²) in [7, 11) is -2.63. The molecule has 0 unspecified atom stereocenters. The average molecular weight is 463 g/mol. The van der Waals surface area contributed by atoms with E-state index in [4.69, 9.17) is 15.2 Å². The van der Waals surface area contributed by atoms with Gasteiger partial charge in [0.1, 0.15) is 10.6 Å². The highest BCUT2D eigenvalue weighted by Gasteiger charge is 2.33. The van der Waals surface area contributed by atoms with Crippen LogP contribution in [0.2, 0.25) is 0 Å². The van der Waals surface area contributed by atoms with Gasteiger partial charge in [0.2, 0.25) is 0 Å². The maximum Gasteiger partial charge on any atom is 0.285 e. The number of fused-ring (bicyclic) bond motifs is 1. The minimum atomic E-state index is -3.99. The maximum absolute atomic E-state index is 13.7. The standard InChI is InChI=1S/C21H23FN4O5S/c1-13(2)11-26(24-10-14-4-7-17(22)18(8-14)30-3)21-16-6-5-15(31-12-20(23)27)9-19(16)32(28,29)25-21/h4-10,13H,11-12H2,1-3H3,(H2,23,27)/b24-10+. The summed E-state index contributed by atoms with van der Waals surface area (Å²) in [4.78, 5) is 10.9. The summed E-state index contributed by atoms with van der Waals surface area (Å²) in [5.74, 6) is -0.653. The highest BCUT2D eigenvalue weighted by atomic mass is 32.2. The quantitative estimate of drug-likeness (QED) is 0.474. The van der Waals surface area contributed by atoms with Gasteiger partial charge >= 0.3 is 0 Å². The Kier molecular flexibility index (Phi) is 6.78. The van der Waals surface area contributed by atoms with Crippen molar-refractivity contribution in [2.45, 2.75) is 18.7 Å².